The Morgan fingerprint density at radius 1 is 1.16 bits per heavy atom. The van der Waals surface area contributed by atoms with Crippen molar-refractivity contribution in [3.8, 4) is 0 Å². The molecular weight excluding hydrogens is 314 g/mol. The second-order valence-electron chi connectivity index (χ2n) is 6.13. The predicted octanol–water partition coefficient (Wildman–Crippen LogP) is 4.58. The van der Waals surface area contributed by atoms with Crippen molar-refractivity contribution in [2.75, 3.05) is 0 Å². The number of carbonyl (C=O) groups is 1. The van der Waals surface area contributed by atoms with Gasteiger partial charge in [0.15, 0.2) is 0 Å². The number of carboxylic acids is 1. The highest BCUT2D eigenvalue weighted by Gasteiger charge is 2.14. The van der Waals surface area contributed by atoms with Gasteiger partial charge in [-0.15, -0.1) is 0 Å². The summed E-state index contributed by atoms with van der Waals surface area (Å²) in [5.41, 5.74) is 2.42. The van der Waals surface area contributed by atoms with Crippen molar-refractivity contribution < 1.29 is 9.90 Å². The van der Waals surface area contributed by atoms with E-state index in [0.29, 0.717) is 12.1 Å². The van der Waals surface area contributed by atoms with Gasteiger partial charge in [-0.05, 0) is 30.0 Å². The van der Waals surface area contributed by atoms with Gasteiger partial charge < -0.3 is 9.67 Å². The zero-order valence-corrected chi connectivity index (χ0v) is 14.9. The van der Waals surface area contributed by atoms with Crippen molar-refractivity contribution in [2.45, 2.75) is 46.1 Å². The third-order valence-corrected chi connectivity index (χ3v) is 4.07. The van der Waals surface area contributed by atoms with Gasteiger partial charge in [0.2, 0.25) is 0 Å². The Labute approximate surface area is 148 Å². The quantitative estimate of drug-likeness (QED) is 0.766. The molecule has 0 unspecified atom stereocenters. The molecule has 0 bridgehead atoms. The first kappa shape index (κ1) is 18.7. The number of unbranched alkanes of at least 4 members (excludes halogenated alkanes) is 1. The van der Waals surface area contributed by atoms with Crippen molar-refractivity contribution >= 4 is 11.5 Å². The van der Waals surface area contributed by atoms with Crippen LogP contribution in [0.25, 0.3) is 5.57 Å². The minimum Gasteiger partial charge on any atom is -0.478 e. The predicted molar refractivity (Wildman–Crippen MR) is 101 cm³/mol. The van der Waals surface area contributed by atoms with Gasteiger partial charge in [-0.1, -0.05) is 63.1 Å². The molecule has 0 fully saturated rings. The van der Waals surface area contributed by atoms with Gasteiger partial charge in [0.25, 0.3) is 5.56 Å². The molecule has 25 heavy (non-hydrogen) atoms. The van der Waals surface area contributed by atoms with Crippen LogP contribution in [-0.4, -0.2) is 15.6 Å². The summed E-state index contributed by atoms with van der Waals surface area (Å²) in [5, 5.41) is 9.44. The monoisotopic (exact) mass is 339 g/mol. The van der Waals surface area contributed by atoms with Crippen LogP contribution >= 0.6 is 0 Å². The van der Waals surface area contributed by atoms with Gasteiger partial charge in [0, 0.05) is 11.8 Å². The molecule has 0 saturated carbocycles. The first-order valence-corrected chi connectivity index (χ1v) is 8.77. The minimum atomic E-state index is -1.02. The third kappa shape index (κ3) is 4.92. The second kappa shape index (κ2) is 9.02. The van der Waals surface area contributed by atoms with E-state index in [1.54, 1.807) is 0 Å². The molecule has 0 amide bonds. The smallest absolute Gasteiger partial charge is 0.337 e. The first-order chi connectivity index (χ1) is 12.1. The molecule has 0 radical (unpaired) electrons. The maximum absolute atomic E-state index is 13.0. The van der Waals surface area contributed by atoms with Crippen molar-refractivity contribution in [2.24, 2.45) is 0 Å². The number of carboxylic acid groups (broad SMARTS) is 1. The van der Waals surface area contributed by atoms with Crippen molar-refractivity contribution in [3.05, 3.63) is 75.7 Å². The maximum atomic E-state index is 13.0. The lowest BCUT2D eigenvalue weighted by molar-refractivity contribution is 0.0695. The Hall–Kier alpha value is -2.62. The molecule has 2 rings (SSSR count). The molecule has 1 heterocycles. The Morgan fingerprint density at radius 3 is 2.48 bits per heavy atom. The highest BCUT2D eigenvalue weighted by Crippen LogP contribution is 2.20. The summed E-state index contributed by atoms with van der Waals surface area (Å²) in [6.07, 6.45) is 7.05. The van der Waals surface area contributed by atoms with Crippen LogP contribution in [0, 0.1) is 0 Å². The fraction of sp³-hybridized carbons (Fsp3) is 0.333. The lowest BCUT2D eigenvalue weighted by atomic mass is 9.99. The lowest BCUT2D eigenvalue weighted by Crippen LogP contribution is -2.25. The highest BCUT2D eigenvalue weighted by atomic mass is 16.4. The molecule has 0 spiro atoms. The van der Waals surface area contributed by atoms with Gasteiger partial charge in [0.1, 0.15) is 0 Å². The minimum absolute atomic E-state index is 0.135. The van der Waals surface area contributed by atoms with E-state index < -0.39 is 5.97 Å². The Bertz CT molecular complexity index is 804. The molecule has 4 heteroatoms. The number of aromatic nitrogens is 1. The third-order valence-electron chi connectivity index (χ3n) is 4.07. The molecule has 0 aliphatic heterocycles. The Balaban J connectivity index is 2.55. The van der Waals surface area contributed by atoms with Gasteiger partial charge in [0.05, 0.1) is 12.1 Å². The van der Waals surface area contributed by atoms with Crippen LogP contribution in [0.2, 0.25) is 0 Å². The number of hydrogen-bond donors (Lipinski definition) is 1. The number of allylic oxidation sites excluding steroid dienone is 2. The maximum Gasteiger partial charge on any atom is 0.337 e. The van der Waals surface area contributed by atoms with Gasteiger partial charge in [-0.2, -0.15) is 0 Å². The summed E-state index contributed by atoms with van der Waals surface area (Å²) >= 11 is 0. The fourth-order valence-electron chi connectivity index (χ4n) is 2.81. The van der Waals surface area contributed by atoms with Crippen molar-refractivity contribution in [3.63, 3.8) is 0 Å². The van der Waals surface area contributed by atoms with E-state index >= 15 is 0 Å². The number of nitrogens with zero attached hydrogens (tertiary/aromatic N) is 1. The molecule has 4 nitrogen and oxygen atoms in total. The summed E-state index contributed by atoms with van der Waals surface area (Å²) < 4.78 is 1.50. The van der Waals surface area contributed by atoms with Crippen LogP contribution in [-0.2, 0) is 6.54 Å². The summed E-state index contributed by atoms with van der Waals surface area (Å²) in [6, 6.07) is 11.1. The number of pyridine rings is 1. The molecule has 1 aromatic carbocycles. The van der Waals surface area contributed by atoms with Crippen molar-refractivity contribution in [1.29, 1.82) is 0 Å². The standard InChI is InChI=1S/C21H25NO3/c1-3-5-12-17(9-4-2)19-13-18(21(24)25)15-22(20(19)23)14-16-10-7-6-8-11-16/h6-8,10-13,15H,3-5,9,14H2,1-2H3,(H,24,25). The number of benzene rings is 1. The fourth-order valence-corrected chi connectivity index (χ4v) is 2.81. The Morgan fingerprint density at radius 2 is 1.88 bits per heavy atom. The SMILES string of the molecule is CCCC=C(CCC)c1cc(C(=O)O)cn(Cc2ccccc2)c1=O. The summed E-state index contributed by atoms with van der Waals surface area (Å²) in [6.45, 7) is 4.51. The molecular formula is C21H25NO3. The zero-order valence-electron chi connectivity index (χ0n) is 14.9. The molecule has 1 N–H and O–H groups in total. The highest BCUT2D eigenvalue weighted by molar-refractivity contribution is 5.88. The van der Waals surface area contributed by atoms with Gasteiger partial charge in [-0.3, -0.25) is 4.79 Å². The van der Waals surface area contributed by atoms with Gasteiger partial charge >= 0.3 is 5.97 Å². The molecule has 1 aromatic heterocycles. The summed E-state index contributed by atoms with van der Waals surface area (Å²) in [5.74, 6) is -1.02. The topological polar surface area (TPSA) is 59.3 Å². The van der Waals surface area contributed by atoms with E-state index in [-0.39, 0.29) is 11.1 Å². The lowest BCUT2D eigenvalue weighted by Gasteiger charge is -2.13. The average molecular weight is 339 g/mol. The van der Waals surface area contributed by atoms with E-state index in [1.165, 1.54) is 16.8 Å². The van der Waals surface area contributed by atoms with E-state index in [9.17, 15) is 14.7 Å². The Kier molecular flexibility index (Phi) is 6.75. The van der Waals surface area contributed by atoms with Crippen molar-refractivity contribution in [1.82, 2.24) is 4.57 Å². The number of aromatic carboxylic acids is 1. The molecule has 0 saturated heterocycles. The summed E-state index contributed by atoms with van der Waals surface area (Å²) in [4.78, 5) is 24.5. The molecule has 0 atom stereocenters. The van der Waals surface area contributed by atoms with Crippen LogP contribution in [0.1, 0.15) is 61.0 Å². The van der Waals surface area contributed by atoms with Crippen LogP contribution in [0.15, 0.2) is 53.5 Å². The molecule has 0 aliphatic carbocycles. The number of rotatable bonds is 8. The van der Waals surface area contributed by atoms with E-state index in [1.807, 2.05) is 30.3 Å². The molecule has 132 valence electrons. The normalized spacial score (nSPS) is 11.5. The van der Waals surface area contributed by atoms with E-state index in [0.717, 1.165) is 36.8 Å². The van der Waals surface area contributed by atoms with Crippen LogP contribution in [0.3, 0.4) is 0 Å². The van der Waals surface area contributed by atoms with Crippen LogP contribution < -0.4 is 5.56 Å². The summed E-state index contributed by atoms with van der Waals surface area (Å²) in [7, 11) is 0. The van der Waals surface area contributed by atoms with Crippen LogP contribution in [0.4, 0.5) is 0 Å². The zero-order chi connectivity index (χ0) is 18.2. The average Bonchev–Trinajstić information content (AvgIpc) is 2.61. The van der Waals surface area contributed by atoms with E-state index in [4.69, 9.17) is 0 Å². The second-order valence-corrected chi connectivity index (χ2v) is 6.13. The molecule has 2 aromatic rings. The largest absolute Gasteiger partial charge is 0.478 e. The van der Waals surface area contributed by atoms with Gasteiger partial charge in [-0.25, -0.2) is 4.79 Å². The number of hydrogen-bond acceptors (Lipinski definition) is 2. The molecule has 0 aliphatic rings. The van der Waals surface area contributed by atoms with Crippen LogP contribution in [0.5, 0.6) is 0 Å². The first-order valence-electron chi connectivity index (χ1n) is 8.77. The van der Waals surface area contributed by atoms with E-state index in [2.05, 4.69) is 19.9 Å².